The van der Waals surface area contributed by atoms with Crippen molar-refractivity contribution in [3.63, 3.8) is 0 Å². The van der Waals surface area contributed by atoms with E-state index in [1.807, 2.05) is 17.0 Å². The Morgan fingerprint density at radius 1 is 1.07 bits per heavy atom. The molecule has 0 spiro atoms. The first-order valence-corrected chi connectivity index (χ1v) is 13.2. The second-order valence-electron chi connectivity index (χ2n) is 10.0. The molecule has 40 heavy (non-hydrogen) atoms. The van der Waals surface area contributed by atoms with Crippen LogP contribution in [0.25, 0.3) is 10.8 Å². The summed E-state index contributed by atoms with van der Waals surface area (Å²) in [5, 5.41) is 16.9. The Kier molecular flexibility index (Phi) is 6.82. The lowest BCUT2D eigenvalue weighted by Crippen LogP contribution is -2.49. The second kappa shape index (κ2) is 10.7. The first-order chi connectivity index (χ1) is 19.5. The predicted octanol–water partition coefficient (Wildman–Crippen LogP) is 3.21. The molecule has 2 aliphatic rings. The highest BCUT2D eigenvalue weighted by molar-refractivity contribution is 5.95. The van der Waals surface area contributed by atoms with E-state index in [4.69, 9.17) is 10.00 Å². The highest BCUT2D eigenvalue weighted by atomic mass is 19.1. The summed E-state index contributed by atoms with van der Waals surface area (Å²) in [6, 6.07) is 11.8. The zero-order valence-corrected chi connectivity index (χ0v) is 21.6. The maximum Gasteiger partial charge on any atom is 0.272 e. The number of aromatic amines is 1. The molecule has 2 aromatic carbocycles. The monoisotopic (exact) mass is 539 g/mol. The van der Waals surface area contributed by atoms with Crippen molar-refractivity contribution in [1.82, 2.24) is 25.1 Å². The first-order valence-electron chi connectivity index (χ1n) is 13.2. The third kappa shape index (κ3) is 5.08. The van der Waals surface area contributed by atoms with Gasteiger partial charge < -0.3 is 14.5 Å². The molecule has 202 valence electrons. The molecule has 1 aliphatic carbocycles. The molecule has 2 fully saturated rings. The Hall–Kier alpha value is -4.85. The number of carbonyl (C=O) groups is 1. The van der Waals surface area contributed by atoms with Crippen LogP contribution in [0.1, 0.15) is 46.4 Å². The van der Waals surface area contributed by atoms with Crippen LogP contribution in [-0.2, 0) is 6.42 Å². The SMILES string of the molecule is N#Cc1cnc(N2CCN(C(=O)c3cc(Cc4n[nH]c(=O)c5ccc(OC6CCC6)cc45)ccc3F)CC2)nc1. The number of halogens is 1. The Morgan fingerprint density at radius 2 is 1.85 bits per heavy atom. The maximum absolute atomic E-state index is 14.9. The van der Waals surface area contributed by atoms with Crippen molar-refractivity contribution in [1.29, 1.82) is 5.26 Å². The molecule has 0 atom stereocenters. The van der Waals surface area contributed by atoms with Gasteiger partial charge in [0, 0.05) is 38.0 Å². The number of H-pyrrole nitrogens is 1. The summed E-state index contributed by atoms with van der Waals surface area (Å²) in [5.41, 5.74) is 1.37. The third-order valence-electron chi connectivity index (χ3n) is 7.44. The number of hydrogen-bond acceptors (Lipinski definition) is 8. The number of nitriles is 1. The van der Waals surface area contributed by atoms with Crippen LogP contribution < -0.4 is 15.2 Å². The Balaban J connectivity index is 1.19. The Labute approximate surface area is 229 Å². The average Bonchev–Trinajstić information content (AvgIpc) is 2.97. The van der Waals surface area contributed by atoms with Crippen LogP contribution in [0.2, 0.25) is 0 Å². The van der Waals surface area contributed by atoms with Crippen molar-refractivity contribution in [2.24, 2.45) is 0 Å². The molecule has 1 aliphatic heterocycles. The van der Waals surface area contributed by atoms with Crippen molar-refractivity contribution < 1.29 is 13.9 Å². The lowest BCUT2D eigenvalue weighted by molar-refractivity contribution is 0.0741. The van der Waals surface area contributed by atoms with Crippen molar-refractivity contribution in [2.75, 3.05) is 31.1 Å². The van der Waals surface area contributed by atoms with Crippen LogP contribution in [0.4, 0.5) is 10.3 Å². The minimum Gasteiger partial charge on any atom is -0.490 e. The fourth-order valence-corrected chi connectivity index (χ4v) is 4.95. The molecule has 2 aromatic heterocycles. The molecule has 10 nitrogen and oxygen atoms in total. The second-order valence-corrected chi connectivity index (χ2v) is 10.0. The van der Waals surface area contributed by atoms with E-state index in [0.29, 0.717) is 71.9 Å². The fourth-order valence-electron chi connectivity index (χ4n) is 4.95. The van der Waals surface area contributed by atoms with Crippen LogP contribution in [0.5, 0.6) is 5.75 Å². The highest BCUT2D eigenvalue weighted by Gasteiger charge is 2.26. The summed E-state index contributed by atoms with van der Waals surface area (Å²) >= 11 is 0. The van der Waals surface area contributed by atoms with Crippen LogP contribution in [-0.4, -0.2) is 63.3 Å². The van der Waals surface area contributed by atoms with Crippen LogP contribution in [0, 0.1) is 17.1 Å². The van der Waals surface area contributed by atoms with Gasteiger partial charge in [0.25, 0.3) is 11.5 Å². The van der Waals surface area contributed by atoms with Gasteiger partial charge in [0.15, 0.2) is 0 Å². The Morgan fingerprint density at radius 3 is 2.55 bits per heavy atom. The summed E-state index contributed by atoms with van der Waals surface area (Å²) in [4.78, 5) is 37.7. The fraction of sp³-hybridized carbons (Fsp3) is 0.310. The summed E-state index contributed by atoms with van der Waals surface area (Å²) in [6.07, 6.45) is 6.60. The van der Waals surface area contributed by atoms with Gasteiger partial charge in [-0.05, 0) is 55.2 Å². The van der Waals surface area contributed by atoms with Crippen molar-refractivity contribution in [3.05, 3.63) is 87.3 Å². The molecule has 11 heteroatoms. The molecule has 4 aromatic rings. The number of ether oxygens (including phenoxy) is 1. The van der Waals surface area contributed by atoms with E-state index < -0.39 is 11.7 Å². The number of nitrogens with one attached hydrogen (secondary N) is 1. The van der Waals surface area contributed by atoms with E-state index in [0.717, 1.165) is 19.3 Å². The lowest BCUT2D eigenvalue weighted by Gasteiger charge is -2.34. The molecule has 1 amide bonds. The van der Waals surface area contributed by atoms with Gasteiger partial charge >= 0.3 is 0 Å². The number of nitrogens with zero attached hydrogens (tertiary/aromatic N) is 6. The largest absolute Gasteiger partial charge is 0.490 e. The topological polar surface area (TPSA) is 128 Å². The standard InChI is InChI=1S/C29H26FN7O3/c30-25-7-4-18(13-26-23-14-21(40-20-2-1-3-20)5-6-22(23)27(38)35-34-26)12-24(25)28(39)36-8-10-37(11-9-36)29-32-16-19(15-31)17-33-29/h4-7,12,14,16-17,20H,1-3,8-11,13H2,(H,35,38). The van der Waals surface area contributed by atoms with Gasteiger partial charge in [-0.1, -0.05) is 6.07 Å². The van der Waals surface area contributed by atoms with E-state index in [1.54, 1.807) is 29.2 Å². The maximum atomic E-state index is 14.9. The van der Waals surface area contributed by atoms with Gasteiger partial charge in [0.05, 0.1) is 40.7 Å². The average molecular weight is 540 g/mol. The summed E-state index contributed by atoms with van der Waals surface area (Å²) < 4.78 is 20.9. The van der Waals surface area contributed by atoms with E-state index in [2.05, 4.69) is 20.2 Å². The molecule has 0 bridgehead atoms. The smallest absolute Gasteiger partial charge is 0.272 e. The number of hydrogen-bond donors (Lipinski definition) is 1. The van der Waals surface area contributed by atoms with Gasteiger partial charge in [0.1, 0.15) is 17.6 Å². The van der Waals surface area contributed by atoms with Gasteiger partial charge in [-0.3, -0.25) is 9.59 Å². The molecule has 0 unspecified atom stereocenters. The minimum atomic E-state index is -0.595. The summed E-state index contributed by atoms with van der Waals surface area (Å²) in [6.45, 7) is 1.72. The van der Waals surface area contributed by atoms with Crippen molar-refractivity contribution >= 4 is 22.6 Å². The zero-order valence-electron chi connectivity index (χ0n) is 21.6. The van der Waals surface area contributed by atoms with Crippen LogP contribution >= 0.6 is 0 Å². The zero-order chi connectivity index (χ0) is 27.6. The predicted molar refractivity (Wildman–Crippen MR) is 145 cm³/mol. The van der Waals surface area contributed by atoms with Crippen molar-refractivity contribution in [2.45, 2.75) is 31.8 Å². The van der Waals surface area contributed by atoms with Crippen molar-refractivity contribution in [3.8, 4) is 11.8 Å². The molecular weight excluding hydrogens is 513 g/mol. The number of anilines is 1. The Bertz CT molecular complexity index is 1670. The van der Waals surface area contributed by atoms with E-state index in [-0.39, 0.29) is 17.2 Å². The molecule has 1 saturated heterocycles. The molecule has 3 heterocycles. The quantitative estimate of drug-likeness (QED) is 0.396. The van der Waals surface area contributed by atoms with Crippen LogP contribution in [0.3, 0.4) is 0 Å². The molecule has 1 N–H and O–H groups in total. The third-order valence-corrected chi connectivity index (χ3v) is 7.44. The highest BCUT2D eigenvalue weighted by Crippen LogP contribution is 2.28. The number of piperazine rings is 1. The number of amides is 1. The van der Waals surface area contributed by atoms with Crippen LogP contribution in [0.15, 0.2) is 53.6 Å². The van der Waals surface area contributed by atoms with E-state index in [1.165, 1.54) is 18.5 Å². The van der Waals surface area contributed by atoms with Gasteiger partial charge in [-0.25, -0.2) is 19.5 Å². The molecule has 1 saturated carbocycles. The lowest BCUT2D eigenvalue weighted by atomic mass is 9.96. The number of fused-ring (bicyclic) bond motifs is 1. The molecule has 6 rings (SSSR count). The summed E-state index contributed by atoms with van der Waals surface area (Å²) in [5.74, 6) is 0.185. The van der Waals surface area contributed by atoms with E-state index >= 15 is 0 Å². The molecular formula is C29H26FN7O3. The first kappa shape index (κ1) is 25.4. The summed E-state index contributed by atoms with van der Waals surface area (Å²) in [7, 11) is 0. The van der Waals surface area contributed by atoms with Gasteiger partial charge in [-0.2, -0.15) is 10.4 Å². The number of benzene rings is 2. The minimum absolute atomic E-state index is 0.0108. The van der Waals surface area contributed by atoms with Gasteiger partial charge in [0.2, 0.25) is 5.95 Å². The number of aromatic nitrogens is 4. The number of carbonyl (C=O) groups excluding carboxylic acids is 1. The van der Waals surface area contributed by atoms with Gasteiger partial charge in [-0.15, -0.1) is 0 Å². The number of rotatable bonds is 6. The van der Waals surface area contributed by atoms with E-state index in [9.17, 15) is 14.0 Å². The molecule has 0 radical (unpaired) electrons. The normalized spacial score (nSPS) is 15.5.